The van der Waals surface area contributed by atoms with Crippen molar-refractivity contribution in [1.29, 1.82) is 0 Å². The van der Waals surface area contributed by atoms with Crippen molar-refractivity contribution in [2.75, 3.05) is 9.80 Å². The molecule has 1 saturated carbocycles. The van der Waals surface area contributed by atoms with Crippen LogP contribution < -0.4 is 9.80 Å². The Bertz CT molecular complexity index is 2020. The summed E-state index contributed by atoms with van der Waals surface area (Å²) in [5.74, 6) is -4.39. The molecule has 8 heteroatoms. The molecule has 4 aliphatic rings. The van der Waals surface area contributed by atoms with Gasteiger partial charge in [-0.25, -0.2) is 4.90 Å². The summed E-state index contributed by atoms with van der Waals surface area (Å²) < 4.78 is 0. The first-order valence-electron chi connectivity index (χ1n) is 16.2. The number of anilines is 2. The monoisotopic (exact) mass is 636 g/mol. The Morgan fingerprint density at radius 3 is 1.96 bits per heavy atom. The molecule has 4 aromatic rings. The Morgan fingerprint density at radius 1 is 0.688 bits per heavy atom. The number of imide groups is 2. The molecule has 8 nitrogen and oxygen atoms in total. The van der Waals surface area contributed by atoms with Gasteiger partial charge in [0.25, 0.3) is 0 Å². The fourth-order valence-corrected chi connectivity index (χ4v) is 8.66. The van der Waals surface area contributed by atoms with Crippen molar-refractivity contribution in [1.82, 2.24) is 0 Å². The maximum Gasteiger partial charge on any atom is 0.241 e. The Kier molecular flexibility index (Phi) is 6.80. The van der Waals surface area contributed by atoms with Gasteiger partial charge in [0.15, 0.2) is 5.78 Å². The Hall–Kier alpha value is -5.63. The fraction of sp³-hybridized carbons (Fsp3) is 0.225. The SMILES string of the molecule is CC12C(=O)N(c3ccccc3)C(=O)C1CC1C(=CCC3C(=O)N(c4ccc(C(=O)c5ccccc5)cc4)C(=O)C31)C2c1ccc(O)cc1. The number of allylic oxidation sites excluding steroid dienone is 2. The minimum Gasteiger partial charge on any atom is -0.508 e. The standard InChI is InChI=1S/C40H32N2O6/c1-40-32(37(46)42(39(40)48)26-10-6-3-7-11-26)22-31-29(34(40)23-14-18-28(43)19-15-23)20-21-30-33(31)38(47)41(36(30)45)27-16-12-25(13-17-27)35(44)24-8-4-2-5-9-24/h2-20,30-34,43H,21-22H2,1H3. The molecule has 2 heterocycles. The second kappa shape index (κ2) is 11.0. The topological polar surface area (TPSA) is 112 Å². The molecular formula is C40H32N2O6. The fourth-order valence-electron chi connectivity index (χ4n) is 8.66. The molecule has 0 spiro atoms. The predicted molar refractivity (Wildman–Crippen MR) is 178 cm³/mol. The Labute approximate surface area is 277 Å². The summed E-state index contributed by atoms with van der Waals surface area (Å²) in [4.78, 5) is 72.5. The lowest BCUT2D eigenvalue weighted by Gasteiger charge is -2.49. The molecule has 2 saturated heterocycles. The summed E-state index contributed by atoms with van der Waals surface area (Å²) >= 11 is 0. The van der Waals surface area contributed by atoms with Crippen LogP contribution in [0.4, 0.5) is 11.4 Å². The quantitative estimate of drug-likeness (QED) is 0.162. The highest BCUT2D eigenvalue weighted by atomic mass is 16.3. The number of phenols is 1. The molecule has 6 atom stereocenters. The number of rotatable bonds is 5. The van der Waals surface area contributed by atoms with Crippen LogP contribution in [0.3, 0.4) is 0 Å². The summed E-state index contributed by atoms with van der Waals surface area (Å²) in [5, 5.41) is 10.1. The second-order valence-electron chi connectivity index (χ2n) is 13.3. The van der Waals surface area contributed by atoms with Crippen molar-refractivity contribution in [2.24, 2.45) is 29.1 Å². The number of carbonyl (C=O) groups is 5. The lowest BCUT2D eigenvalue weighted by Crippen LogP contribution is -2.48. The van der Waals surface area contributed by atoms with Crippen LogP contribution in [0.25, 0.3) is 0 Å². The average Bonchev–Trinajstić information content (AvgIpc) is 3.48. The number of benzene rings is 4. The molecule has 2 aliphatic carbocycles. The molecule has 0 aromatic heterocycles. The van der Waals surface area contributed by atoms with E-state index in [1.54, 1.807) is 97.1 Å². The number of carbonyl (C=O) groups excluding carboxylic acids is 5. The minimum absolute atomic E-state index is 0.0777. The van der Waals surface area contributed by atoms with Crippen molar-refractivity contribution < 1.29 is 29.1 Å². The number of aromatic hydroxyl groups is 1. The Balaban J connectivity index is 1.17. The summed E-state index contributed by atoms with van der Waals surface area (Å²) in [6, 6.07) is 31.0. The van der Waals surface area contributed by atoms with Gasteiger partial charge in [-0.1, -0.05) is 72.3 Å². The third-order valence-corrected chi connectivity index (χ3v) is 10.9. The summed E-state index contributed by atoms with van der Waals surface area (Å²) in [6.07, 6.45) is 2.58. The molecule has 4 amide bonds. The molecule has 2 aliphatic heterocycles. The normalized spacial score (nSPS) is 27.8. The molecule has 0 bridgehead atoms. The van der Waals surface area contributed by atoms with Crippen molar-refractivity contribution in [2.45, 2.75) is 25.7 Å². The van der Waals surface area contributed by atoms with Crippen LogP contribution in [0.2, 0.25) is 0 Å². The predicted octanol–water partition coefficient (Wildman–Crippen LogP) is 6.06. The van der Waals surface area contributed by atoms with Crippen LogP contribution >= 0.6 is 0 Å². The van der Waals surface area contributed by atoms with Crippen LogP contribution in [0.15, 0.2) is 121 Å². The highest BCUT2D eigenvalue weighted by Crippen LogP contribution is 2.63. The van der Waals surface area contributed by atoms with E-state index in [1.807, 2.05) is 25.1 Å². The molecule has 8 rings (SSSR count). The smallest absolute Gasteiger partial charge is 0.241 e. The van der Waals surface area contributed by atoms with Crippen LogP contribution in [-0.4, -0.2) is 34.5 Å². The van der Waals surface area contributed by atoms with Gasteiger partial charge in [-0.05, 0) is 79.8 Å². The maximum atomic E-state index is 14.4. The zero-order valence-electron chi connectivity index (χ0n) is 26.2. The van der Waals surface area contributed by atoms with Crippen LogP contribution in [0.1, 0.15) is 47.2 Å². The zero-order chi connectivity index (χ0) is 33.3. The molecule has 3 fully saturated rings. The van der Waals surface area contributed by atoms with Gasteiger partial charge in [-0.15, -0.1) is 0 Å². The van der Waals surface area contributed by atoms with Crippen LogP contribution in [0.5, 0.6) is 5.75 Å². The van der Waals surface area contributed by atoms with E-state index in [9.17, 15) is 29.1 Å². The lowest BCUT2D eigenvalue weighted by atomic mass is 9.51. The lowest BCUT2D eigenvalue weighted by molar-refractivity contribution is -0.131. The van der Waals surface area contributed by atoms with E-state index >= 15 is 0 Å². The van der Waals surface area contributed by atoms with Crippen molar-refractivity contribution in [3.8, 4) is 5.75 Å². The van der Waals surface area contributed by atoms with Crippen LogP contribution in [0, 0.1) is 29.1 Å². The molecule has 4 aromatic carbocycles. The van der Waals surface area contributed by atoms with Gasteiger partial charge in [-0.3, -0.25) is 28.9 Å². The highest BCUT2D eigenvalue weighted by molar-refractivity contribution is 6.25. The van der Waals surface area contributed by atoms with Gasteiger partial charge in [0.05, 0.1) is 34.5 Å². The molecular weight excluding hydrogens is 604 g/mol. The van der Waals surface area contributed by atoms with E-state index in [0.29, 0.717) is 28.9 Å². The van der Waals surface area contributed by atoms with Crippen molar-refractivity contribution in [3.05, 3.63) is 138 Å². The first-order valence-corrected chi connectivity index (χ1v) is 16.2. The third-order valence-electron chi connectivity index (χ3n) is 10.9. The molecule has 1 N–H and O–H groups in total. The third kappa shape index (κ3) is 4.25. The summed E-state index contributed by atoms with van der Waals surface area (Å²) in [6.45, 7) is 1.84. The largest absolute Gasteiger partial charge is 0.508 e. The van der Waals surface area contributed by atoms with Gasteiger partial charge in [0.1, 0.15) is 5.75 Å². The minimum atomic E-state index is -1.15. The number of phenolic OH excluding ortho intramolecular Hbond substituents is 1. The molecule has 238 valence electrons. The number of hydrogen-bond acceptors (Lipinski definition) is 6. The van der Waals surface area contributed by atoms with E-state index < -0.39 is 35.0 Å². The molecule has 6 unspecified atom stereocenters. The van der Waals surface area contributed by atoms with E-state index in [1.165, 1.54) is 9.80 Å². The van der Waals surface area contributed by atoms with Gasteiger partial charge in [0, 0.05) is 17.0 Å². The molecule has 0 radical (unpaired) electrons. The number of fused-ring (bicyclic) bond motifs is 4. The second-order valence-corrected chi connectivity index (χ2v) is 13.3. The zero-order valence-corrected chi connectivity index (χ0v) is 26.2. The number of amides is 4. The molecule has 48 heavy (non-hydrogen) atoms. The van der Waals surface area contributed by atoms with Gasteiger partial charge in [0.2, 0.25) is 23.6 Å². The maximum absolute atomic E-state index is 14.4. The van der Waals surface area contributed by atoms with Gasteiger partial charge in [-0.2, -0.15) is 0 Å². The average molecular weight is 637 g/mol. The van der Waals surface area contributed by atoms with Gasteiger partial charge >= 0.3 is 0 Å². The van der Waals surface area contributed by atoms with Gasteiger partial charge < -0.3 is 5.11 Å². The van der Waals surface area contributed by atoms with E-state index in [4.69, 9.17) is 0 Å². The van der Waals surface area contributed by atoms with Crippen molar-refractivity contribution >= 4 is 40.8 Å². The number of ketones is 1. The first-order chi connectivity index (χ1) is 23.2. The number of para-hydroxylation sites is 1. The highest BCUT2D eigenvalue weighted by Gasteiger charge is 2.67. The van der Waals surface area contributed by atoms with E-state index in [0.717, 1.165) is 11.1 Å². The van der Waals surface area contributed by atoms with Crippen molar-refractivity contribution in [3.63, 3.8) is 0 Å². The number of hydrogen-bond donors (Lipinski definition) is 1. The summed E-state index contributed by atoms with van der Waals surface area (Å²) in [5.41, 5.74) is 2.37. The van der Waals surface area contributed by atoms with E-state index in [2.05, 4.69) is 0 Å². The number of nitrogens with zero attached hydrogens (tertiary/aromatic N) is 2. The van der Waals surface area contributed by atoms with Crippen LogP contribution in [-0.2, 0) is 19.2 Å². The summed E-state index contributed by atoms with van der Waals surface area (Å²) in [7, 11) is 0. The first kappa shape index (κ1) is 29.8. The Morgan fingerprint density at radius 2 is 1.29 bits per heavy atom. The van der Waals surface area contributed by atoms with E-state index in [-0.39, 0.29) is 41.6 Å².